The van der Waals surface area contributed by atoms with E-state index in [0.717, 1.165) is 5.56 Å². The second-order valence-electron chi connectivity index (χ2n) is 3.80. The molecule has 0 heterocycles. The zero-order valence-electron chi connectivity index (χ0n) is 9.78. The molecular formula is C14H15ClO2. The number of benzene rings is 1. The van der Waals surface area contributed by atoms with E-state index in [4.69, 9.17) is 16.3 Å². The predicted molar refractivity (Wildman–Crippen MR) is 70.2 cm³/mol. The highest BCUT2D eigenvalue weighted by Gasteiger charge is 2.33. The van der Waals surface area contributed by atoms with Crippen LogP contribution < -0.4 is 0 Å². The number of esters is 1. The van der Waals surface area contributed by atoms with Crippen molar-refractivity contribution >= 4 is 17.6 Å². The summed E-state index contributed by atoms with van der Waals surface area (Å²) in [6.07, 6.45) is 3.10. The first-order valence-corrected chi connectivity index (χ1v) is 5.60. The van der Waals surface area contributed by atoms with Crippen LogP contribution in [0.5, 0.6) is 0 Å². The molecule has 17 heavy (non-hydrogen) atoms. The van der Waals surface area contributed by atoms with Gasteiger partial charge in [-0.1, -0.05) is 42.5 Å². The van der Waals surface area contributed by atoms with Gasteiger partial charge in [-0.3, -0.25) is 4.79 Å². The molecule has 0 radical (unpaired) electrons. The summed E-state index contributed by atoms with van der Waals surface area (Å²) >= 11 is 5.81. The predicted octanol–water partition coefficient (Wildman–Crippen LogP) is 3.51. The normalized spacial score (nSPS) is 13.5. The monoisotopic (exact) mass is 250 g/mol. The summed E-state index contributed by atoms with van der Waals surface area (Å²) in [5, 5.41) is 0.625. The molecule has 1 rings (SSSR count). The third kappa shape index (κ3) is 2.98. The van der Waals surface area contributed by atoms with E-state index < -0.39 is 5.41 Å². The maximum Gasteiger partial charge on any atom is 0.320 e. The molecule has 1 aromatic carbocycles. The zero-order valence-corrected chi connectivity index (χ0v) is 10.5. The first-order chi connectivity index (χ1) is 8.04. The van der Waals surface area contributed by atoms with E-state index in [1.165, 1.54) is 6.08 Å². The molecule has 0 N–H and O–H groups in total. The molecule has 3 heteroatoms. The Balaban J connectivity index is 3.02. The van der Waals surface area contributed by atoms with Crippen molar-refractivity contribution in [2.45, 2.75) is 12.3 Å². The minimum Gasteiger partial charge on any atom is -0.461 e. The summed E-state index contributed by atoms with van der Waals surface area (Å²) in [6, 6.07) is 7.05. The Morgan fingerprint density at radius 3 is 2.47 bits per heavy atom. The van der Waals surface area contributed by atoms with Gasteiger partial charge in [0.15, 0.2) is 0 Å². The highest BCUT2D eigenvalue weighted by molar-refractivity contribution is 6.30. The summed E-state index contributed by atoms with van der Waals surface area (Å²) in [5.74, 6) is -0.352. The highest BCUT2D eigenvalue weighted by atomic mass is 35.5. The van der Waals surface area contributed by atoms with Crippen LogP contribution in [0.1, 0.15) is 12.5 Å². The van der Waals surface area contributed by atoms with E-state index in [9.17, 15) is 4.79 Å². The molecule has 0 aliphatic rings. The largest absolute Gasteiger partial charge is 0.461 e. The van der Waals surface area contributed by atoms with Crippen LogP contribution in [-0.2, 0) is 14.9 Å². The number of rotatable bonds is 5. The topological polar surface area (TPSA) is 26.3 Å². The molecule has 0 saturated heterocycles. The minimum absolute atomic E-state index is 0.190. The van der Waals surface area contributed by atoms with Crippen LogP contribution in [0.2, 0.25) is 5.02 Å². The van der Waals surface area contributed by atoms with Crippen LogP contribution in [-0.4, -0.2) is 12.6 Å². The zero-order chi connectivity index (χ0) is 12.9. The van der Waals surface area contributed by atoms with Gasteiger partial charge in [0.1, 0.15) is 12.0 Å². The van der Waals surface area contributed by atoms with E-state index in [2.05, 4.69) is 13.2 Å². The SMILES string of the molecule is C=CCOC(=O)C(C)(C=C)c1ccc(Cl)cc1. The number of ether oxygens (including phenoxy) is 1. The van der Waals surface area contributed by atoms with Crippen molar-refractivity contribution < 1.29 is 9.53 Å². The van der Waals surface area contributed by atoms with Gasteiger partial charge in [-0.25, -0.2) is 0 Å². The Labute approximate surface area is 107 Å². The second kappa shape index (κ2) is 5.69. The molecule has 0 aliphatic heterocycles. The van der Waals surface area contributed by atoms with Gasteiger partial charge in [-0.05, 0) is 24.6 Å². The van der Waals surface area contributed by atoms with Crippen LogP contribution >= 0.6 is 11.6 Å². The second-order valence-corrected chi connectivity index (χ2v) is 4.24. The molecule has 1 aromatic rings. The molecule has 0 saturated carbocycles. The average Bonchev–Trinajstić information content (AvgIpc) is 2.35. The van der Waals surface area contributed by atoms with Gasteiger partial charge in [0.25, 0.3) is 0 Å². The van der Waals surface area contributed by atoms with Gasteiger partial charge in [0, 0.05) is 5.02 Å². The molecule has 0 aliphatic carbocycles. The number of halogens is 1. The standard InChI is InChI=1S/C14H15ClO2/c1-4-10-17-13(16)14(3,5-2)11-6-8-12(15)9-7-11/h4-9H,1-2,10H2,3H3. The van der Waals surface area contributed by atoms with Gasteiger partial charge in [0.05, 0.1) is 0 Å². The fourth-order valence-corrected chi connectivity index (χ4v) is 1.53. The summed E-state index contributed by atoms with van der Waals surface area (Å²) in [6.45, 7) is 9.15. The summed E-state index contributed by atoms with van der Waals surface area (Å²) < 4.78 is 5.07. The first kappa shape index (κ1) is 13.5. The van der Waals surface area contributed by atoms with Crippen molar-refractivity contribution in [3.05, 3.63) is 60.2 Å². The molecule has 0 fully saturated rings. The highest BCUT2D eigenvalue weighted by Crippen LogP contribution is 2.27. The number of hydrogen-bond donors (Lipinski definition) is 0. The lowest BCUT2D eigenvalue weighted by atomic mass is 9.83. The summed E-state index contributed by atoms with van der Waals surface area (Å²) in [4.78, 5) is 12.0. The fourth-order valence-electron chi connectivity index (χ4n) is 1.40. The summed E-state index contributed by atoms with van der Waals surface area (Å²) in [7, 11) is 0. The van der Waals surface area contributed by atoms with E-state index in [0.29, 0.717) is 5.02 Å². The Kier molecular flexibility index (Phi) is 4.53. The third-order valence-electron chi connectivity index (χ3n) is 2.61. The Hall–Kier alpha value is -1.54. The minimum atomic E-state index is -0.867. The van der Waals surface area contributed by atoms with E-state index in [-0.39, 0.29) is 12.6 Å². The lowest BCUT2D eigenvalue weighted by Gasteiger charge is -2.23. The molecule has 0 amide bonds. The van der Waals surface area contributed by atoms with Crippen LogP contribution in [0.25, 0.3) is 0 Å². The van der Waals surface area contributed by atoms with Crippen LogP contribution in [0, 0.1) is 0 Å². The molecule has 90 valence electrons. The lowest BCUT2D eigenvalue weighted by Crippen LogP contribution is -2.32. The van der Waals surface area contributed by atoms with Crippen molar-refractivity contribution in [3.63, 3.8) is 0 Å². The smallest absolute Gasteiger partial charge is 0.320 e. The first-order valence-electron chi connectivity index (χ1n) is 5.22. The van der Waals surface area contributed by atoms with Crippen molar-refractivity contribution in [3.8, 4) is 0 Å². The Morgan fingerprint density at radius 1 is 1.41 bits per heavy atom. The Bertz CT molecular complexity index is 422. The quantitative estimate of drug-likeness (QED) is 0.591. The van der Waals surface area contributed by atoms with Gasteiger partial charge < -0.3 is 4.74 Å². The van der Waals surface area contributed by atoms with Gasteiger partial charge in [0.2, 0.25) is 0 Å². The fraction of sp³-hybridized carbons (Fsp3) is 0.214. The third-order valence-corrected chi connectivity index (χ3v) is 2.86. The molecule has 2 nitrogen and oxygen atoms in total. The maximum absolute atomic E-state index is 12.0. The summed E-state index contributed by atoms with van der Waals surface area (Å²) in [5.41, 5.74) is -0.0703. The van der Waals surface area contributed by atoms with Gasteiger partial charge in [-0.2, -0.15) is 0 Å². The number of carbonyl (C=O) groups is 1. The molecular weight excluding hydrogens is 236 g/mol. The Morgan fingerprint density at radius 2 is 2.00 bits per heavy atom. The number of hydrogen-bond acceptors (Lipinski definition) is 2. The molecule has 0 bridgehead atoms. The van der Waals surface area contributed by atoms with Crippen LogP contribution in [0.4, 0.5) is 0 Å². The van der Waals surface area contributed by atoms with E-state index >= 15 is 0 Å². The van der Waals surface area contributed by atoms with Crippen molar-refractivity contribution in [2.24, 2.45) is 0 Å². The van der Waals surface area contributed by atoms with Gasteiger partial charge >= 0.3 is 5.97 Å². The van der Waals surface area contributed by atoms with Crippen molar-refractivity contribution in [1.82, 2.24) is 0 Å². The number of carbonyl (C=O) groups excluding carboxylic acids is 1. The average molecular weight is 251 g/mol. The van der Waals surface area contributed by atoms with Crippen LogP contribution in [0.3, 0.4) is 0 Å². The lowest BCUT2D eigenvalue weighted by molar-refractivity contribution is -0.146. The van der Waals surface area contributed by atoms with E-state index in [1.54, 1.807) is 37.3 Å². The molecule has 1 atom stereocenters. The van der Waals surface area contributed by atoms with Gasteiger partial charge in [-0.15, -0.1) is 6.58 Å². The maximum atomic E-state index is 12.0. The van der Waals surface area contributed by atoms with Crippen molar-refractivity contribution in [2.75, 3.05) is 6.61 Å². The molecule has 0 spiro atoms. The molecule has 0 aromatic heterocycles. The molecule has 1 unspecified atom stereocenters. The van der Waals surface area contributed by atoms with Crippen LogP contribution in [0.15, 0.2) is 49.6 Å². The van der Waals surface area contributed by atoms with E-state index in [1.807, 2.05) is 0 Å². The van der Waals surface area contributed by atoms with Crippen molar-refractivity contribution in [1.29, 1.82) is 0 Å².